The quantitative estimate of drug-likeness (QED) is 0.553. The van der Waals surface area contributed by atoms with Gasteiger partial charge < -0.3 is 16.0 Å². The molecule has 9 heteroatoms. The Labute approximate surface area is 164 Å². The molecule has 2 aromatic rings. The fourth-order valence-corrected chi connectivity index (χ4v) is 2.59. The van der Waals surface area contributed by atoms with Crippen LogP contribution in [0, 0.1) is 17.1 Å². The lowest BCUT2D eigenvalue weighted by Crippen LogP contribution is -2.33. The van der Waals surface area contributed by atoms with E-state index in [1.165, 1.54) is 12.1 Å². The lowest BCUT2D eigenvalue weighted by Gasteiger charge is -2.09. The first-order valence-electron chi connectivity index (χ1n) is 8.10. The zero-order valence-electron chi connectivity index (χ0n) is 14.3. The number of anilines is 1. The highest BCUT2D eigenvalue weighted by Crippen LogP contribution is 2.17. The number of nitrogens with one attached hydrogen (secondary N) is 3. The summed E-state index contributed by atoms with van der Waals surface area (Å²) in [5.74, 6) is -0.754. The smallest absolute Gasteiger partial charge is 0.252 e. The summed E-state index contributed by atoms with van der Waals surface area (Å²) in [4.78, 5) is 27.8. The summed E-state index contributed by atoms with van der Waals surface area (Å²) in [6.07, 6.45) is 1.66. The number of nitriles is 1. The normalized spacial score (nSPS) is 9.96. The van der Waals surface area contributed by atoms with Gasteiger partial charge in [-0.3, -0.25) is 9.59 Å². The molecule has 27 heavy (non-hydrogen) atoms. The molecule has 2 amide bonds. The molecular formula is C18H17BrFN5O2. The Balaban J connectivity index is 1.67. The Bertz CT molecular complexity index is 869. The second kappa shape index (κ2) is 10.2. The Morgan fingerprint density at radius 1 is 1.19 bits per heavy atom. The maximum atomic E-state index is 13.2. The number of benzene rings is 1. The van der Waals surface area contributed by atoms with Gasteiger partial charge in [-0.1, -0.05) is 0 Å². The minimum Gasteiger partial charge on any atom is -0.367 e. The first-order valence-corrected chi connectivity index (χ1v) is 8.89. The lowest BCUT2D eigenvalue weighted by molar-refractivity contribution is -0.120. The van der Waals surface area contributed by atoms with E-state index in [4.69, 9.17) is 5.26 Å². The predicted molar refractivity (Wildman–Crippen MR) is 102 cm³/mol. The number of pyridine rings is 1. The molecule has 7 nitrogen and oxygen atoms in total. The molecule has 0 saturated carbocycles. The van der Waals surface area contributed by atoms with E-state index in [0.717, 1.165) is 6.07 Å². The van der Waals surface area contributed by atoms with Crippen LogP contribution >= 0.6 is 15.9 Å². The minimum absolute atomic E-state index is 0.0890. The van der Waals surface area contributed by atoms with E-state index >= 15 is 0 Å². The zero-order chi connectivity index (χ0) is 19.6. The first kappa shape index (κ1) is 20.3. The molecule has 0 fully saturated rings. The van der Waals surface area contributed by atoms with Crippen molar-refractivity contribution < 1.29 is 14.0 Å². The van der Waals surface area contributed by atoms with E-state index in [1.54, 1.807) is 18.3 Å². The number of hydrogen-bond acceptors (Lipinski definition) is 5. The van der Waals surface area contributed by atoms with E-state index in [9.17, 15) is 14.0 Å². The van der Waals surface area contributed by atoms with Crippen LogP contribution < -0.4 is 16.0 Å². The van der Waals surface area contributed by atoms with Crippen LogP contribution in [0.25, 0.3) is 0 Å². The van der Waals surface area contributed by atoms with Gasteiger partial charge in [0.25, 0.3) is 5.91 Å². The second-order valence-electron chi connectivity index (χ2n) is 5.42. The molecule has 1 aromatic carbocycles. The Morgan fingerprint density at radius 2 is 2.00 bits per heavy atom. The number of rotatable bonds is 8. The maximum Gasteiger partial charge on any atom is 0.252 e. The molecule has 0 saturated heterocycles. The van der Waals surface area contributed by atoms with Crippen molar-refractivity contribution in [2.75, 3.05) is 25.0 Å². The molecule has 1 heterocycles. The molecule has 0 aliphatic rings. The second-order valence-corrected chi connectivity index (χ2v) is 6.27. The highest BCUT2D eigenvalue weighted by molar-refractivity contribution is 9.10. The third-order valence-corrected chi connectivity index (χ3v) is 4.17. The Morgan fingerprint density at radius 3 is 2.78 bits per heavy atom. The molecule has 0 bridgehead atoms. The molecule has 3 N–H and O–H groups in total. The van der Waals surface area contributed by atoms with Gasteiger partial charge in [-0.15, -0.1) is 0 Å². The Kier molecular flexibility index (Phi) is 7.70. The summed E-state index contributed by atoms with van der Waals surface area (Å²) < 4.78 is 13.7. The molecule has 2 rings (SSSR count). The molecule has 0 atom stereocenters. The molecule has 0 aliphatic heterocycles. The van der Waals surface area contributed by atoms with Gasteiger partial charge in [0.05, 0.1) is 11.1 Å². The summed E-state index contributed by atoms with van der Waals surface area (Å²) in [6, 6.07) is 9.15. The fourth-order valence-electron chi connectivity index (χ4n) is 2.16. The van der Waals surface area contributed by atoms with E-state index in [1.807, 2.05) is 6.07 Å². The van der Waals surface area contributed by atoms with Gasteiger partial charge in [-0.2, -0.15) is 5.26 Å². The first-order chi connectivity index (χ1) is 13.0. The third kappa shape index (κ3) is 6.34. The van der Waals surface area contributed by atoms with Gasteiger partial charge in [0.1, 0.15) is 17.7 Å². The van der Waals surface area contributed by atoms with Crippen LogP contribution in [-0.2, 0) is 4.79 Å². The number of hydrogen-bond donors (Lipinski definition) is 3. The SMILES string of the molecule is N#Cc1cccnc1NCCNC(=O)CCNC(=O)c1cc(F)ccc1Br. The predicted octanol–water partition coefficient (Wildman–Crippen LogP) is 2.20. The van der Waals surface area contributed by atoms with Gasteiger partial charge in [0.2, 0.25) is 5.91 Å². The van der Waals surface area contributed by atoms with Crippen LogP contribution in [0.4, 0.5) is 10.2 Å². The van der Waals surface area contributed by atoms with E-state index < -0.39 is 11.7 Å². The average Bonchev–Trinajstić information content (AvgIpc) is 2.67. The van der Waals surface area contributed by atoms with Gasteiger partial charge in [-0.25, -0.2) is 9.37 Å². The Hall–Kier alpha value is -2.99. The van der Waals surface area contributed by atoms with Crippen molar-refractivity contribution in [1.82, 2.24) is 15.6 Å². The van der Waals surface area contributed by atoms with Crippen LogP contribution in [0.3, 0.4) is 0 Å². The van der Waals surface area contributed by atoms with Crippen LogP contribution in [0.1, 0.15) is 22.3 Å². The molecule has 0 spiro atoms. The van der Waals surface area contributed by atoms with Gasteiger partial charge >= 0.3 is 0 Å². The topological polar surface area (TPSA) is 107 Å². The summed E-state index contributed by atoms with van der Waals surface area (Å²) >= 11 is 3.18. The van der Waals surface area contributed by atoms with E-state index in [0.29, 0.717) is 28.9 Å². The third-order valence-electron chi connectivity index (χ3n) is 3.48. The number of halogens is 2. The zero-order valence-corrected chi connectivity index (χ0v) is 15.8. The van der Waals surface area contributed by atoms with E-state index in [-0.39, 0.29) is 24.4 Å². The van der Waals surface area contributed by atoms with Crippen molar-refractivity contribution in [2.45, 2.75) is 6.42 Å². The lowest BCUT2D eigenvalue weighted by atomic mass is 10.2. The number of carbonyl (C=O) groups is 2. The molecule has 0 aliphatic carbocycles. The fraction of sp³-hybridized carbons (Fsp3) is 0.222. The highest BCUT2D eigenvalue weighted by atomic mass is 79.9. The number of amides is 2. The number of nitrogens with zero attached hydrogens (tertiary/aromatic N) is 2. The largest absolute Gasteiger partial charge is 0.367 e. The van der Waals surface area contributed by atoms with E-state index in [2.05, 4.69) is 36.9 Å². The van der Waals surface area contributed by atoms with Crippen LogP contribution in [0.5, 0.6) is 0 Å². The van der Waals surface area contributed by atoms with Crippen LogP contribution in [0.15, 0.2) is 41.0 Å². The van der Waals surface area contributed by atoms with Crippen LogP contribution in [-0.4, -0.2) is 36.4 Å². The molecule has 140 valence electrons. The average molecular weight is 434 g/mol. The summed E-state index contributed by atoms with van der Waals surface area (Å²) in [5, 5.41) is 17.2. The maximum absolute atomic E-state index is 13.2. The molecular weight excluding hydrogens is 417 g/mol. The summed E-state index contributed by atoms with van der Waals surface area (Å²) in [7, 11) is 0. The van der Waals surface area contributed by atoms with Gasteiger partial charge in [0, 0.05) is 36.7 Å². The summed E-state index contributed by atoms with van der Waals surface area (Å²) in [6.45, 7) is 0.865. The minimum atomic E-state index is -0.513. The molecule has 0 radical (unpaired) electrons. The van der Waals surface area contributed by atoms with Crippen molar-refractivity contribution in [3.63, 3.8) is 0 Å². The summed E-state index contributed by atoms with van der Waals surface area (Å²) in [5.41, 5.74) is 0.596. The highest BCUT2D eigenvalue weighted by Gasteiger charge is 2.11. The molecule has 1 aromatic heterocycles. The van der Waals surface area contributed by atoms with Crippen molar-refractivity contribution in [1.29, 1.82) is 5.26 Å². The monoisotopic (exact) mass is 433 g/mol. The van der Waals surface area contributed by atoms with Crippen LogP contribution in [0.2, 0.25) is 0 Å². The van der Waals surface area contributed by atoms with Crippen molar-refractivity contribution in [3.05, 3.63) is 57.9 Å². The van der Waals surface area contributed by atoms with Gasteiger partial charge in [0.15, 0.2) is 0 Å². The van der Waals surface area contributed by atoms with Crippen molar-refractivity contribution in [3.8, 4) is 6.07 Å². The number of aromatic nitrogens is 1. The molecule has 0 unspecified atom stereocenters. The standard InChI is InChI=1S/C18H17BrFN5O2/c19-15-4-3-13(20)10-14(15)18(27)25-7-5-16(26)22-8-9-24-17-12(11-21)2-1-6-23-17/h1-4,6,10H,5,7-9H2,(H,22,26)(H,23,24)(H,25,27). The van der Waals surface area contributed by atoms with Crippen molar-refractivity contribution in [2.24, 2.45) is 0 Å². The van der Waals surface area contributed by atoms with Crippen molar-refractivity contribution >= 4 is 33.6 Å². The van der Waals surface area contributed by atoms with Gasteiger partial charge in [-0.05, 0) is 46.3 Å². The number of carbonyl (C=O) groups excluding carboxylic acids is 2.